The normalized spacial score (nSPS) is 11.1. The Kier molecular flexibility index (Phi) is 5.96. The fourth-order valence-electron chi connectivity index (χ4n) is 3.23. The summed E-state index contributed by atoms with van der Waals surface area (Å²) >= 11 is 5.63. The van der Waals surface area contributed by atoms with E-state index in [1.54, 1.807) is 60.7 Å². The Morgan fingerprint density at radius 2 is 1.53 bits per heavy atom. The SMILES string of the molecule is COc1ccccc1-n1c(O)c(N=Nc2ccc(C)cc2)c(=O)n(-c2ccccc2)c1=S. The third kappa shape index (κ3) is 3.95. The quantitative estimate of drug-likeness (QED) is 0.312. The van der Waals surface area contributed by atoms with Crippen LogP contribution in [0.5, 0.6) is 11.6 Å². The number of nitrogens with zero attached hydrogens (tertiary/aromatic N) is 4. The molecule has 0 aliphatic heterocycles. The topological polar surface area (TPSA) is 81.1 Å². The number of methoxy groups -OCH3 is 1. The molecule has 0 atom stereocenters. The molecule has 3 aromatic carbocycles. The second-order valence-corrected chi connectivity index (χ2v) is 7.34. The van der Waals surface area contributed by atoms with E-state index in [0.717, 1.165) is 5.56 Å². The van der Waals surface area contributed by atoms with Crippen molar-refractivity contribution in [1.82, 2.24) is 9.13 Å². The monoisotopic (exact) mass is 444 g/mol. The molecule has 1 N–H and O–H groups in total. The van der Waals surface area contributed by atoms with E-state index in [-0.39, 0.29) is 10.5 Å². The lowest BCUT2D eigenvalue weighted by Crippen LogP contribution is -2.23. The van der Waals surface area contributed by atoms with Gasteiger partial charge in [-0.3, -0.25) is 13.9 Å². The number of hydrogen-bond donors (Lipinski definition) is 1. The van der Waals surface area contributed by atoms with Crippen molar-refractivity contribution in [2.45, 2.75) is 6.92 Å². The molecule has 1 aromatic heterocycles. The molecule has 0 amide bonds. The number of aromatic nitrogens is 2. The minimum absolute atomic E-state index is 0.0671. The smallest absolute Gasteiger partial charge is 0.290 e. The van der Waals surface area contributed by atoms with Crippen molar-refractivity contribution in [2.24, 2.45) is 10.2 Å². The Bertz CT molecular complexity index is 1410. The molecule has 0 saturated carbocycles. The molecule has 1 heterocycles. The summed E-state index contributed by atoms with van der Waals surface area (Å²) in [7, 11) is 1.52. The molecule has 0 spiro atoms. The van der Waals surface area contributed by atoms with E-state index < -0.39 is 11.4 Å². The van der Waals surface area contributed by atoms with Crippen LogP contribution < -0.4 is 10.3 Å². The Balaban J connectivity index is 2.02. The molecule has 0 aliphatic rings. The maximum absolute atomic E-state index is 13.4. The molecule has 0 aliphatic carbocycles. The van der Waals surface area contributed by atoms with Crippen molar-refractivity contribution in [3.63, 3.8) is 0 Å². The van der Waals surface area contributed by atoms with Crippen LogP contribution in [0.2, 0.25) is 0 Å². The third-order valence-corrected chi connectivity index (χ3v) is 5.22. The van der Waals surface area contributed by atoms with Gasteiger partial charge in [-0.2, -0.15) is 5.11 Å². The average molecular weight is 445 g/mol. The number of aromatic hydroxyl groups is 1. The van der Waals surface area contributed by atoms with Crippen LogP contribution in [0.1, 0.15) is 5.56 Å². The van der Waals surface area contributed by atoms with Crippen LogP contribution in [0, 0.1) is 11.7 Å². The number of ether oxygens (including phenoxy) is 1. The lowest BCUT2D eigenvalue weighted by molar-refractivity contribution is 0.402. The molecule has 32 heavy (non-hydrogen) atoms. The molecule has 7 nitrogen and oxygen atoms in total. The fraction of sp³-hybridized carbons (Fsp3) is 0.0833. The zero-order chi connectivity index (χ0) is 22.7. The van der Waals surface area contributed by atoms with Crippen molar-refractivity contribution in [3.05, 3.63) is 99.6 Å². The summed E-state index contributed by atoms with van der Waals surface area (Å²) in [5.41, 5.74) is 1.80. The van der Waals surface area contributed by atoms with Gasteiger partial charge in [0.2, 0.25) is 11.6 Å². The van der Waals surface area contributed by atoms with E-state index in [1.165, 1.54) is 16.2 Å². The molecule has 8 heteroatoms. The Morgan fingerprint density at radius 1 is 0.875 bits per heavy atom. The van der Waals surface area contributed by atoms with Crippen LogP contribution in [-0.2, 0) is 0 Å². The molecule has 0 fully saturated rings. The molecular formula is C24H20N4O3S. The first-order chi connectivity index (χ1) is 15.5. The summed E-state index contributed by atoms with van der Waals surface area (Å²) < 4.78 is 8.18. The Morgan fingerprint density at radius 3 is 2.22 bits per heavy atom. The van der Waals surface area contributed by atoms with Crippen molar-refractivity contribution >= 4 is 23.6 Å². The summed E-state index contributed by atoms with van der Waals surface area (Å²) in [6.07, 6.45) is 0. The molecule has 4 rings (SSSR count). The van der Waals surface area contributed by atoms with Gasteiger partial charge in [0, 0.05) is 0 Å². The first kappa shape index (κ1) is 21.2. The first-order valence-electron chi connectivity index (χ1n) is 9.79. The van der Waals surface area contributed by atoms with Gasteiger partial charge in [-0.1, -0.05) is 48.0 Å². The molecule has 0 bridgehead atoms. The molecule has 4 aromatic rings. The van der Waals surface area contributed by atoms with Gasteiger partial charge < -0.3 is 9.84 Å². The van der Waals surface area contributed by atoms with Crippen molar-refractivity contribution in [1.29, 1.82) is 0 Å². The minimum Gasteiger partial charge on any atom is -0.495 e. The van der Waals surface area contributed by atoms with Crippen molar-refractivity contribution in [2.75, 3.05) is 7.11 Å². The standard InChI is InChI=1S/C24H20N4O3S/c1-16-12-14-17(15-13-16)25-26-21-22(29)27(18-8-4-3-5-9-18)24(32)28(23(21)30)19-10-6-7-11-20(19)31-2/h3-15,30H,1-2H3. The minimum atomic E-state index is -0.583. The van der Waals surface area contributed by atoms with Crippen molar-refractivity contribution < 1.29 is 9.84 Å². The highest BCUT2D eigenvalue weighted by atomic mass is 32.1. The largest absolute Gasteiger partial charge is 0.495 e. The number of benzene rings is 3. The molecule has 0 radical (unpaired) electrons. The fourth-order valence-corrected chi connectivity index (χ4v) is 3.60. The van der Waals surface area contributed by atoms with Gasteiger partial charge in [0.05, 0.1) is 24.2 Å². The highest BCUT2D eigenvalue weighted by Crippen LogP contribution is 2.32. The van der Waals surface area contributed by atoms with E-state index in [2.05, 4.69) is 10.2 Å². The summed E-state index contributed by atoms with van der Waals surface area (Å²) in [5, 5.41) is 19.4. The predicted molar refractivity (Wildman–Crippen MR) is 126 cm³/mol. The maximum Gasteiger partial charge on any atom is 0.290 e. The number of azo groups is 1. The van der Waals surface area contributed by atoms with E-state index >= 15 is 0 Å². The number of rotatable bonds is 5. The van der Waals surface area contributed by atoms with Crippen LogP contribution >= 0.6 is 12.2 Å². The second kappa shape index (κ2) is 8.99. The molecular weight excluding hydrogens is 424 g/mol. The van der Waals surface area contributed by atoms with E-state index in [1.807, 2.05) is 25.1 Å². The zero-order valence-corrected chi connectivity index (χ0v) is 18.3. The summed E-state index contributed by atoms with van der Waals surface area (Å²) in [6.45, 7) is 1.96. The van der Waals surface area contributed by atoms with Crippen LogP contribution in [0.15, 0.2) is 93.9 Å². The lowest BCUT2D eigenvalue weighted by Gasteiger charge is -2.17. The van der Waals surface area contributed by atoms with Crippen molar-refractivity contribution in [3.8, 4) is 23.0 Å². The molecule has 160 valence electrons. The zero-order valence-electron chi connectivity index (χ0n) is 17.5. The number of aryl methyl sites for hydroxylation is 1. The number of hydrogen-bond acceptors (Lipinski definition) is 6. The van der Waals surface area contributed by atoms with E-state index in [4.69, 9.17) is 17.0 Å². The van der Waals surface area contributed by atoms with Gasteiger partial charge in [0.15, 0.2) is 4.77 Å². The summed E-state index contributed by atoms with van der Waals surface area (Å²) in [6, 6.07) is 23.3. The van der Waals surface area contributed by atoms with Gasteiger partial charge in [0.1, 0.15) is 5.75 Å². The highest BCUT2D eigenvalue weighted by molar-refractivity contribution is 7.71. The van der Waals surface area contributed by atoms with Gasteiger partial charge >= 0.3 is 0 Å². The molecule has 0 saturated heterocycles. The van der Waals surface area contributed by atoms with Gasteiger partial charge in [-0.25, -0.2) is 0 Å². The Hall–Kier alpha value is -4.04. The van der Waals surface area contributed by atoms with Crippen LogP contribution in [-0.4, -0.2) is 21.4 Å². The first-order valence-corrected chi connectivity index (χ1v) is 10.2. The van der Waals surface area contributed by atoms with Crippen LogP contribution in [0.25, 0.3) is 11.4 Å². The van der Waals surface area contributed by atoms with Crippen LogP contribution in [0.4, 0.5) is 11.4 Å². The van der Waals surface area contributed by atoms with Gasteiger partial charge in [-0.05, 0) is 55.5 Å². The predicted octanol–water partition coefficient (Wildman–Crippen LogP) is 5.80. The van der Waals surface area contributed by atoms with Gasteiger partial charge in [-0.15, -0.1) is 5.11 Å². The second-order valence-electron chi connectivity index (χ2n) is 6.97. The molecule has 0 unspecified atom stereocenters. The summed E-state index contributed by atoms with van der Waals surface area (Å²) in [4.78, 5) is 13.4. The maximum atomic E-state index is 13.4. The third-order valence-electron chi connectivity index (χ3n) is 4.85. The van der Waals surface area contributed by atoms with Gasteiger partial charge in [0.25, 0.3) is 5.56 Å². The lowest BCUT2D eigenvalue weighted by atomic mass is 10.2. The van der Waals surface area contributed by atoms with E-state index in [9.17, 15) is 9.90 Å². The van der Waals surface area contributed by atoms with E-state index in [0.29, 0.717) is 22.8 Å². The van der Waals surface area contributed by atoms with Crippen LogP contribution in [0.3, 0.4) is 0 Å². The Labute approximate surface area is 189 Å². The number of para-hydroxylation sites is 3. The summed E-state index contributed by atoms with van der Waals surface area (Å²) in [5.74, 6) is 0.0473. The highest BCUT2D eigenvalue weighted by Gasteiger charge is 2.21. The average Bonchev–Trinajstić information content (AvgIpc) is 2.81.